The van der Waals surface area contributed by atoms with Crippen LogP contribution in [-0.2, 0) is 13.1 Å². The van der Waals surface area contributed by atoms with Crippen molar-refractivity contribution in [2.24, 2.45) is 4.99 Å². The smallest absolute Gasteiger partial charge is 0.191 e. The molecule has 0 unspecified atom stereocenters. The molecule has 4 nitrogen and oxygen atoms in total. The molecule has 0 spiro atoms. The number of phenols is 1. The Labute approximate surface area is 140 Å². The molecule has 0 aliphatic rings. The number of nitrogens with zero attached hydrogens (tertiary/aromatic N) is 1. The highest BCUT2D eigenvalue weighted by atomic mass is 19.1. The van der Waals surface area contributed by atoms with Crippen LogP contribution in [0.2, 0.25) is 0 Å². The number of aliphatic imine (C=N–C) groups is 1. The molecule has 0 atom stereocenters. The average Bonchev–Trinajstić information content (AvgIpc) is 2.56. The van der Waals surface area contributed by atoms with Crippen molar-refractivity contribution in [2.45, 2.75) is 26.9 Å². The lowest BCUT2D eigenvalue weighted by Gasteiger charge is -2.12. The number of guanidine groups is 1. The Morgan fingerprint density at radius 1 is 1.04 bits per heavy atom. The zero-order valence-electron chi connectivity index (χ0n) is 13.7. The molecule has 0 amide bonds. The number of benzene rings is 2. The predicted molar refractivity (Wildman–Crippen MR) is 90.9 cm³/mol. The molecule has 0 aliphatic heterocycles. The maximum atomic E-state index is 13.6. The van der Waals surface area contributed by atoms with Crippen LogP contribution in [0.3, 0.4) is 0 Å². The highest BCUT2D eigenvalue weighted by molar-refractivity contribution is 5.79. The molecule has 0 radical (unpaired) electrons. The van der Waals surface area contributed by atoms with Gasteiger partial charge in [-0.1, -0.05) is 18.2 Å². The van der Waals surface area contributed by atoms with Crippen LogP contribution in [0.5, 0.6) is 5.75 Å². The average molecular weight is 333 g/mol. The molecule has 24 heavy (non-hydrogen) atoms. The Morgan fingerprint density at radius 3 is 2.42 bits per heavy atom. The van der Waals surface area contributed by atoms with Gasteiger partial charge in [-0.3, -0.25) is 0 Å². The maximum Gasteiger partial charge on any atom is 0.191 e. The number of hydrogen-bond acceptors (Lipinski definition) is 2. The van der Waals surface area contributed by atoms with E-state index in [0.29, 0.717) is 30.2 Å². The normalized spacial score (nSPS) is 11.4. The topological polar surface area (TPSA) is 56.7 Å². The van der Waals surface area contributed by atoms with Crippen LogP contribution in [0.1, 0.15) is 23.6 Å². The van der Waals surface area contributed by atoms with E-state index in [4.69, 9.17) is 0 Å². The maximum absolute atomic E-state index is 13.6. The van der Waals surface area contributed by atoms with Gasteiger partial charge < -0.3 is 15.7 Å². The van der Waals surface area contributed by atoms with E-state index in [1.807, 2.05) is 13.0 Å². The Balaban J connectivity index is 2.01. The van der Waals surface area contributed by atoms with Gasteiger partial charge >= 0.3 is 0 Å². The summed E-state index contributed by atoms with van der Waals surface area (Å²) >= 11 is 0. The summed E-state index contributed by atoms with van der Waals surface area (Å²) in [5.41, 5.74) is 2.05. The van der Waals surface area contributed by atoms with Gasteiger partial charge in [0.15, 0.2) is 17.5 Å². The fourth-order valence-corrected chi connectivity index (χ4v) is 2.09. The summed E-state index contributed by atoms with van der Waals surface area (Å²) < 4.78 is 26.9. The van der Waals surface area contributed by atoms with Gasteiger partial charge in [0.05, 0.1) is 6.54 Å². The first-order valence-corrected chi connectivity index (χ1v) is 7.74. The molecule has 0 bridgehead atoms. The third-order valence-electron chi connectivity index (χ3n) is 3.47. The highest BCUT2D eigenvalue weighted by Crippen LogP contribution is 2.16. The standard InChI is InChI=1S/C18H21F2N3O/c1-3-21-18(22-10-13-5-4-12(2)15(19)8-13)23-11-14-6-7-17(24)16(20)9-14/h4-9,24H,3,10-11H2,1-2H3,(H2,21,22,23). The molecule has 2 aromatic rings. The van der Waals surface area contributed by atoms with E-state index in [-0.39, 0.29) is 18.1 Å². The minimum Gasteiger partial charge on any atom is -0.505 e. The van der Waals surface area contributed by atoms with E-state index in [1.165, 1.54) is 18.2 Å². The first-order chi connectivity index (χ1) is 11.5. The van der Waals surface area contributed by atoms with E-state index in [2.05, 4.69) is 15.6 Å². The summed E-state index contributed by atoms with van der Waals surface area (Å²) in [6.45, 7) is 5.00. The zero-order valence-corrected chi connectivity index (χ0v) is 13.7. The Morgan fingerprint density at radius 2 is 1.75 bits per heavy atom. The second-order valence-electron chi connectivity index (χ2n) is 5.42. The lowest BCUT2D eigenvalue weighted by molar-refractivity contribution is 0.432. The fraction of sp³-hybridized carbons (Fsp3) is 0.278. The molecular formula is C18H21F2N3O. The van der Waals surface area contributed by atoms with Gasteiger partial charge in [-0.15, -0.1) is 0 Å². The Bertz CT molecular complexity index is 732. The molecule has 0 saturated carbocycles. The third kappa shape index (κ3) is 4.94. The summed E-state index contributed by atoms with van der Waals surface area (Å²) in [5.74, 6) is -0.743. The SMILES string of the molecule is CCNC(=NCc1ccc(O)c(F)c1)NCc1ccc(C)c(F)c1. The molecule has 2 rings (SSSR count). The quantitative estimate of drug-likeness (QED) is 0.582. The van der Waals surface area contributed by atoms with Crippen LogP contribution in [0, 0.1) is 18.6 Å². The van der Waals surface area contributed by atoms with Crippen molar-refractivity contribution >= 4 is 5.96 Å². The molecule has 3 N–H and O–H groups in total. The number of halogens is 2. The molecule has 2 aromatic carbocycles. The van der Waals surface area contributed by atoms with Crippen molar-refractivity contribution in [3.8, 4) is 5.75 Å². The Hall–Kier alpha value is -2.63. The molecule has 0 aromatic heterocycles. The molecule has 128 valence electrons. The zero-order chi connectivity index (χ0) is 17.5. The van der Waals surface area contributed by atoms with Crippen molar-refractivity contribution in [3.05, 3.63) is 64.7 Å². The van der Waals surface area contributed by atoms with Gasteiger partial charge in [0.1, 0.15) is 5.82 Å². The number of aryl methyl sites for hydroxylation is 1. The lowest BCUT2D eigenvalue weighted by atomic mass is 10.1. The number of hydrogen-bond donors (Lipinski definition) is 3. The summed E-state index contributed by atoms with van der Waals surface area (Å²) in [5, 5.41) is 15.4. The summed E-state index contributed by atoms with van der Waals surface area (Å²) in [7, 11) is 0. The van der Waals surface area contributed by atoms with Crippen LogP contribution in [0.4, 0.5) is 8.78 Å². The molecule has 0 aliphatic carbocycles. The second kappa shape index (κ2) is 8.29. The number of phenolic OH excluding ortho intramolecular Hbond substituents is 1. The van der Waals surface area contributed by atoms with E-state index in [1.54, 1.807) is 19.1 Å². The van der Waals surface area contributed by atoms with E-state index in [0.717, 1.165) is 5.56 Å². The van der Waals surface area contributed by atoms with Crippen molar-refractivity contribution < 1.29 is 13.9 Å². The van der Waals surface area contributed by atoms with Gasteiger partial charge in [-0.05, 0) is 48.7 Å². The van der Waals surface area contributed by atoms with Crippen LogP contribution in [-0.4, -0.2) is 17.6 Å². The van der Waals surface area contributed by atoms with Gasteiger partial charge in [0, 0.05) is 13.1 Å². The van der Waals surface area contributed by atoms with Gasteiger partial charge in [0.25, 0.3) is 0 Å². The van der Waals surface area contributed by atoms with E-state index >= 15 is 0 Å². The number of rotatable bonds is 5. The van der Waals surface area contributed by atoms with Crippen molar-refractivity contribution in [1.29, 1.82) is 0 Å². The molecule has 6 heteroatoms. The minimum atomic E-state index is -0.671. The Kier molecular flexibility index (Phi) is 6.12. The van der Waals surface area contributed by atoms with E-state index < -0.39 is 5.82 Å². The van der Waals surface area contributed by atoms with Crippen LogP contribution in [0.15, 0.2) is 41.4 Å². The largest absolute Gasteiger partial charge is 0.505 e. The van der Waals surface area contributed by atoms with Gasteiger partial charge in [0.2, 0.25) is 0 Å². The molecule has 0 heterocycles. The second-order valence-corrected chi connectivity index (χ2v) is 5.42. The van der Waals surface area contributed by atoms with Crippen LogP contribution >= 0.6 is 0 Å². The molecule has 0 fully saturated rings. The first-order valence-electron chi connectivity index (χ1n) is 7.74. The minimum absolute atomic E-state index is 0.240. The lowest BCUT2D eigenvalue weighted by Crippen LogP contribution is -2.36. The van der Waals surface area contributed by atoms with Crippen molar-refractivity contribution in [1.82, 2.24) is 10.6 Å². The number of aromatic hydroxyl groups is 1. The predicted octanol–water partition coefficient (Wildman–Crippen LogP) is 3.23. The molecule has 0 saturated heterocycles. The van der Waals surface area contributed by atoms with E-state index in [9.17, 15) is 13.9 Å². The summed E-state index contributed by atoms with van der Waals surface area (Å²) in [6.07, 6.45) is 0. The highest BCUT2D eigenvalue weighted by Gasteiger charge is 2.04. The van der Waals surface area contributed by atoms with Crippen molar-refractivity contribution in [3.63, 3.8) is 0 Å². The monoisotopic (exact) mass is 333 g/mol. The van der Waals surface area contributed by atoms with Crippen LogP contribution in [0.25, 0.3) is 0 Å². The number of nitrogens with one attached hydrogen (secondary N) is 2. The third-order valence-corrected chi connectivity index (χ3v) is 3.47. The fourth-order valence-electron chi connectivity index (χ4n) is 2.09. The summed E-state index contributed by atoms with van der Waals surface area (Å²) in [6, 6.07) is 9.23. The van der Waals surface area contributed by atoms with Gasteiger partial charge in [-0.25, -0.2) is 13.8 Å². The van der Waals surface area contributed by atoms with Crippen LogP contribution < -0.4 is 10.6 Å². The van der Waals surface area contributed by atoms with Crippen molar-refractivity contribution in [2.75, 3.05) is 6.54 Å². The summed E-state index contributed by atoms with van der Waals surface area (Å²) in [4.78, 5) is 4.36. The van der Waals surface area contributed by atoms with Gasteiger partial charge in [-0.2, -0.15) is 0 Å². The first kappa shape index (κ1) is 17.7. The molecular weight excluding hydrogens is 312 g/mol.